The van der Waals surface area contributed by atoms with Crippen molar-refractivity contribution < 1.29 is 19.1 Å². The fraction of sp³-hybridized carbons (Fsp3) is 0.500. The molecule has 0 saturated heterocycles. The van der Waals surface area contributed by atoms with Crippen LogP contribution in [0.1, 0.15) is 30.8 Å². The largest absolute Gasteiger partial charge is 0.453 e. The van der Waals surface area contributed by atoms with Gasteiger partial charge in [0.2, 0.25) is 5.91 Å². The number of nitrogens with zero attached hydrogens (tertiary/aromatic N) is 2. The molecule has 2 N–H and O–H groups in total. The second-order valence-electron chi connectivity index (χ2n) is 5.94. The first kappa shape index (κ1) is 19.4. The molecule has 1 heterocycles. The smallest absolute Gasteiger partial charge is 0.407 e. The summed E-state index contributed by atoms with van der Waals surface area (Å²) in [6, 6.07) is 2.33. The van der Waals surface area contributed by atoms with Gasteiger partial charge in [-0.05, 0) is 24.5 Å². The lowest BCUT2D eigenvalue weighted by Gasteiger charge is -2.19. The Morgan fingerprint density at radius 2 is 1.96 bits per heavy atom. The van der Waals surface area contributed by atoms with Crippen molar-refractivity contribution in [2.45, 2.75) is 26.3 Å². The van der Waals surface area contributed by atoms with Gasteiger partial charge in [0.1, 0.15) is 11.7 Å². The number of rotatable bonds is 6. The fourth-order valence-corrected chi connectivity index (χ4v) is 1.99. The Bertz CT molecular complexity index is 601. The van der Waals surface area contributed by atoms with Crippen molar-refractivity contribution in [2.24, 2.45) is 5.92 Å². The van der Waals surface area contributed by atoms with E-state index in [0.717, 1.165) is 0 Å². The number of ether oxygens (including phenoxy) is 1. The summed E-state index contributed by atoms with van der Waals surface area (Å²) in [5, 5.41) is 5.20. The lowest BCUT2D eigenvalue weighted by molar-refractivity contribution is -0.118. The highest BCUT2D eigenvalue weighted by Gasteiger charge is 2.22. The van der Waals surface area contributed by atoms with Gasteiger partial charge in [0.15, 0.2) is 0 Å². The Kier molecular flexibility index (Phi) is 7.16. The SMILES string of the molecule is COC(=O)N[C@H](CC(C)C)C(=O)Nc1ccnc(C(=O)N(C)C)c1. The third-order valence-electron chi connectivity index (χ3n) is 3.15. The van der Waals surface area contributed by atoms with Gasteiger partial charge in [-0.2, -0.15) is 0 Å². The zero-order chi connectivity index (χ0) is 18.3. The van der Waals surface area contributed by atoms with Crippen LogP contribution in [0.5, 0.6) is 0 Å². The van der Waals surface area contributed by atoms with E-state index in [-0.39, 0.29) is 23.4 Å². The van der Waals surface area contributed by atoms with Crippen molar-refractivity contribution in [1.82, 2.24) is 15.2 Å². The molecule has 24 heavy (non-hydrogen) atoms. The van der Waals surface area contributed by atoms with E-state index in [1.165, 1.54) is 24.3 Å². The topological polar surface area (TPSA) is 101 Å². The zero-order valence-electron chi connectivity index (χ0n) is 14.6. The Balaban J connectivity index is 2.88. The molecule has 1 atom stereocenters. The molecular weight excluding hydrogens is 312 g/mol. The molecule has 0 fully saturated rings. The van der Waals surface area contributed by atoms with Gasteiger partial charge < -0.3 is 20.3 Å². The predicted molar refractivity (Wildman–Crippen MR) is 89.7 cm³/mol. The van der Waals surface area contributed by atoms with Crippen LogP contribution in [0, 0.1) is 5.92 Å². The predicted octanol–water partition coefficient (Wildman–Crippen LogP) is 1.49. The second kappa shape index (κ2) is 8.85. The number of carbonyl (C=O) groups is 3. The lowest BCUT2D eigenvalue weighted by atomic mass is 10.0. The maximum atomic E-state index is 12.4. The van der Waals surface area contributed by atoms with E-state index < -0.39 is 12.1 Å². The summed E-state index contributed by atoms with van der Waals surface area (Å²) in [6.07, 6.45) is 1.22. The number of carbonyl (C=O) groups excluding carboxylic acids is 3. The molecule has 0 unspecified atom stereocenters. The molecule has 0 bridgehead atoms. The Morgan fingerprint density at radius 1 is 1.29 bits per heavy atom. The second-order valence-corrected chi connectivity index (χ2v) is 5.94. The van der Waals surface area contributed by atoms with Crippen molar-refractivity contribution in [1.29, 1.82) is 0 Å². The molecule has 1 aromatic heterocycles. The lowest BCUT2D eigenvalue weighted by Crippen LogP contribution is -2.44. The van der Waals surface area contributed by atoms with Gasteiger partial charge in [0.25, 0.3) is 5.91 Å². The standard InChI is InChI=1S/C16H24N4O4/c1-10(2)8-12(19-16(23)24-5)14(21)18-11-6-7-17-13(9-11)15(22)20(3)4/h6-7,9-10,12H,8H2,1-5H3,(H,19,23)(H,17,18,21)/t12-/m1/s1. The molecule has 1 aromatic rings. The van der Waals surface area contributed by atoms with Crippen molar-refractivity contribution in [3.05, 3.63) is 24.0 Å². The number of amides is 3. The Morgan fingerprint density at radius 3 is 2.50 bits per heavy atom. The van der Waals surface area contributed by atoms with Crippen LogP contribution in [0.25, 0.3) is 0 Å². The van der Waals surface area contributed by atoms with E-state index >= 15 is 0 Å². The van der Waals surface area contributed by atoms with Gasteiger partial charge in [0, 0.05) is 26.0 Å². The number of nitrogens with one attached hydrogen (secondary N) is 2. The van der Waals surface area contributed by atoms with Crippen LogP contribution >= 0.6 is 0 Å². The number of alkyl carbamates (subject to hydrolysis) is 1. The first-order valence-electron chi connectivity index (χ1n) is 7.57. The van der Waals surface area contributed by atoms with E-state index in [4.69, 9.17) is 0 Å². The summed E-state index contributed by atoms with van der Waals surface area (Å²) in [6.45, 7) is 3.89. The minimum atomic E-state index is -0.737. The fourth-order valence-electron chi connectivity index (χ4n) is 1.99. The summed E-state index contributed by atoms with van der Waals surface area (Å²) in [5.41, 5.74) is 0.653. The summed E-state index contributed by atoms with van der Waals surface area (Å²) >= 11 is 0. The van der Waals surface area contributed by atoms with Crippen molar-refractivity contribution in [3.8, 4) is 0 Å². The van der Waals surface area contributed by atoms with Crippen LogP contribution in [0.3, 0.4) is 0 Å². The molecule has 8 heteroatoms. The number of anilines is 1. The quantitative estimate of drug-likeness (QED) is 0.820. The van der Waals surface area contributed by atoms with Crippen LogP contribution in [-0.2, 0) is 9.53 Å². The number of hydrogen-bond donors (Lipinski definition) is 2. The van der Waals surface area contributed by atoms with Crippen molar-refractivity contribution in [2.75, 3.05) is 26.5 Å². The van der Waals surface area contributed by atoms with Gasteiger partial charge in [0.05, 0.1) is 7.11 Å². The summed E-state index contributed by atoms with van der Waals surface area (Å²) in [4.78, 5) is 41.1. The minimum Gasteiger partial charge on any atom is -0.453 e. The van der Waals surface area contributed by atoms with Crippen LogP contribution in [-0.4, -0.2) is 55.0 Å². The number of pyridine rings is 1. The summed E-state index contributed by atoms with van der Waals surface area (Å²) in [5.74, 6) is -0.456. The molecule has 3 amide bonds. The molecule has 0 aliphatic rings. The van der Waals surface area contributed by atoms with Gasteiger partial charge >= 0.3 is 6.09 Å². The van der Waals surface area contributed by atoms with E-state index in [2.05, 4.69) is 20.4 Å². The van der Waals surface area contributed by atoms with Gasteiger partial charge in [-0.1, -0.05) is 13.8 Å². The highest BCUT2D eigenvalue weighted by Crippen LogP contribution is 2.12. The van der Waals surface area contributed by atoms with Gasteiger partial charge in [-0.3, -0.25) is 14.6 Å². The van der Waals surface area contributed by atoms with Crippen LogP contribution in [0.4, 0.5) is 10.5 Å². The molecule has 1 rings (SSSR count). The molecule has 0 saturated carbocycles. The molecule has 132 valence electrons. The van der Waals surface area contributed by atoms with E-state index in [9.17, 15) is 14.4 Å². The number of methoxy groups -OCH3 is 1. The maximum Gasteiger partial charge on any atom is 0.407 e. The molecule has 0 radical (unpaired) electrons. The van der Waals surface area contributed by atoms with Gasteiger partial charge in [-0.15, -0.1) is 0 Å². The van der Waals surface area contributed by atoms with Crippen LogP contribution < -0.4 is 10.6 Å². The van der Waals surface area contributed by atoms with Crippen LogP contribution in [0.15, 0.2) is 18.3 Å². The summed E-state index contributed by atoms with van der Waals surface area (Å²) < 4.78 is 4.55. The Hall–Kier alpha value is -2.64. The summed E-state index contributed by atoms with van der Waals surface area (Å²) in [7, 11) is 4.48. The zero-order valence-corrected chi connectivity index (χ0v) is 14.6. The number of hydrogen-bond acceptors (Lipinski definition) is 5. The van der Waals surface area contributed by atoms with Crippen molar-refractivity contribution >= 4 is 23.6 Å². The average molecular weight is 336 g/mol. The molecule has 0 aliphatic heterocycles. The third-order valence-corrected chi connectivity index (χ3v) is 3.15. The van der Waals surface area contributed by atoms with E-state index in [0.29, 0.717) is 12.1 Å². The average Bonchev–Trinajstić information content (AvgIpc) is 2.52. The molecule has 0 aromatic carbocycles. The molecule has 8 nitrogen and oxygen atoms in total. The molecule has 0 spiro atoms. The van der Waals surface area contributed by atoms with E-state index in [1.54, 1.807) is 20.2 Å². The highest BCUT2D eigenvalue weighted by molar-refractivity contribution is 5.98. The first-order chi connectivity index (χ1) is 11.2. The molecule has 0 aliphatic carbocycles. The minimum absolute atomic E-state index is 0.196. The normalized spacial score (nSPS) is 11.6. The van der Waals surface area contributed by atoms with E-state index in [1.807, 2.05) is 13.8 Å². The first-order valence-corrected chi connectivity index (χ1v) is 7.57. The van der Waals surface area contributed by atoms with Crippen LogP contribution in [0.2, 0.25) is 0 Å². The Labute approximate surface area is 141 Å². The third kappa shape index (κ3) is 5.86. The monoisotopic (exact) mass is 336 g/mol. The molecular formula is C16H24N4O4. The maximum absolute atomic E-state index is 12.4. The highest BCUT2D eigenvalue weighted by atomic mass is 16.5. The number of aromatic nitrogens is 1. The van der Waals surface area contributed by atoms with Crippen molar-refractivity contribution in [3.63, 3.8) is 0 Å². The van der Waals surface area contributed by atoms with Gasteiger partial charge in [-0.25, -0.2) is 4.79 Å².